The van der Waals surface area contributed by atoms with Crippen molar-refractivity contribution < 1.29 is 4.39 Å². The van der Waals surface area contributed by atoms with E-state index < -0.39 is 0 Å². The predicted molar refractivity (Wildman–Crippen MR) is 78.6 cm³/mol. The van der Waals surface area contributed by atoms with Crippen molar-refractivity contribution in [2.75, 3.05) is 11.9 Å². The Hall–Kier alpha value is -1.53. The van der Waals surface area contributed by atoms with Gasteiger partial charge < -0.3 is 5.32 Å². The Morgan fingerprint density at radius 2 is 2.21 bits per heavy atom. The third kappa shape index (κ3) is 2.90. The highest BCUT2D eigenvalue weighted by atomic mass is 32.1. The minimum atomic E-state index is -0.222. The zero-order chi connectivity index (χ0) is 13.2. The lowest BCUT2D eigenvalue weighted by Crippen LogP contribution is -2.04. The Labute approximate surface area is 118 Å². The summed E-state index contributed by atoms with van der Waals surface area (Å²) in [5.41, 5.74) is 1.93. The second-order valence-corrected chi connectivity index (χ2v) is 6.26. The molecule has 0 aliphatic carbocycles. The highest BCUT2D eigenvalue weighted by molar-refractivity contribution is 7.22. The molecule has 3 nitrogen and oxygen atoms in total. The number of anilines is 1. The first-order chi connectivity index (χ1) is 9.20. The van der Waals surface area contributed by atoms with Crippen molar-refractivity contribution in [1.29, 1.82) is 0 Å². The number of aromatic nitrogens is 2. The van der Waals surface area contributed by atoms with Crippen molar-refractivity contribution in [3.8, 4) is 0 Å². The van der Waals surface area contributed by atoms with E-state index in [1.807, 2.05) is 6.92 Å². The molecule has 2 heterocycles. The summed E-state index contributed by atoms with van der Waals surface area (Å²) < 4.78 is 13.9. The fourth-order valence-corrected chi connectivity index (χ4v) is 3.36. The van der Waals surface area contributed by atoms with Crippen LogP contribution in [0.3, 0.4) is 0 Å². The molecule has 2 aromatic heterocycles. The number of hydrogen-bond acceptors (Lipinski definition) is 5. The number of benzene rings is 1. The number of rotatable bonds is 4. The van der Waals surface area contributed by atoms with Crippen molar-refractivity contribution in [2.45, 2.75) is 13.3 Å². The lowest BCUT2D eigenvalue weighted by molar-refractivity contribution is 0.630. The number of aryl methyl sites for hydroxylation is 1. The van der Waals surface area contributed by atoms with E-state index in [1.54, 1.807) is 17.4 Å². The quantitative estimate of drug-likeness (QED) is 0.794. The second kappa shape index (κ2) is 5.22. The van der Waals surface area contributed by atoms with Gasteiger partial charge in [0.1, 0.15) is 5.82 Å². The van der Waals surface area contributed by atoms with Crippen molar-refractivity contribution in [1.82, 2.24) is 9.97 Å². The van der Waals surface area contributed by atoms with Crippen LogP contribution in [0.4, 0.5) is 9.52 Å². The maximum atomic E-state index is 13.1. The molecule has 6 heteroatoms. The number of thiazole rings is 2. The van der Waals surface area contributed by atoms with Crippen LogP contribution < -0.4 is 5.32 Å². The summed E-state index contributed by atoms with van der Waals surface area (Å²) in [5.74, 6) is -0.222. The Balaban J connectivity index is 1.65. The number of hydrogen-bond donors (Lipinski definition) is 1. The zero-order valence-electron chi connectivity index (χ0n) is 10.3. The van der Waals surface area contributed by atoms with E-state index in [2.05, 4.69) is 20.7 Å². The van der Waals surface area contributed by atoms with Gasteiger partial charge in [0.25, 0.3) is 0 Å². The van der Waals surface area contributed by atoms with E-state index in [1.165, 1.54) is 23.5 Å². The lowest BCUT2D eigenvalue weighted by atomic mass is 10.3. The van der Waals surface area contributed by atoms with Gasteiger partial charge in [-0.2, -0.15) is 0 Å². The van der Waals surface area contributed by atoms with Crippen LogP contribution in [0.15, 0.2) is 23.6 Å². The first-order valence-electron chi connectivity index (χ1n) is 5.92. The van der Waals surface area contributed by atoms with Crippen molar-refractivity contribution in [3.63, 3.8) is 0 Å². The smallest absolute Gasteiger partial charge is 0.183 e. The molecule has 0 radical (unpaired) electrons. The topological polar surface area (TPSA) is 37.8 Å². The largest absolute Gasteiger partial charge is 0.361 e. The van der Waals surface area contributed by atoms with Crippen molar-refractivity contribution in [3.05, 3.63) is 40.1 Å². The van der Waals surface area contributed by atoms with Crippen LogP contribution in [0.2, 0.25) is 0 Å². The molecule has 19 heavy (non-hydrogen) atoms. The summed E-state index contributed by atoms with van der Waals surface area (Å²) in [6.07, 6.45) is 0.870. The molecule has 0 aliphatic rings. The predicted octanol–water partition coefficient (Wildman–Crippen LogP) is 3.85. The molecular weight excluding hydrogens is 281 g/mol. The number of halogens is 1. The molecule has 3 aromatic rings. The zero-order valence-corrected chi connectivity index (χ0v) is 11.9. The minimum Gasteiger partial charge on any atom is -0.361 e. The molecule has 0 spiro atoms. The highest BCUT2D eigenvalue weighted by Crippen LogP contribution is 2.26. The molecule has 1 N–H and O–H groups in total. The van der Waals surface area contributed by atoms with Gasteiger partial charge in [0, 0.05) is 18.3 Å². The number of fused-ring (bicyclic) bond motifs is 1. The summed E-state index contributed by atoms with van der Waals surface area (Å²) in [5, 5.41) is 7.25. The number of nitrogens with zero attached hydrogens (tertiary/aromatic N) is 2. The second-order valence-electron chi connectivity index (χ2n) is 4.17. The van der Waals surface area contributed by atoms with Gasteiger partial charge in [-0.05, 0) is 25.1 Å². The Bertz CT molecular complexity index is 705. The molecule has 0 aliphatic heterocycles. The average molecular weight is 293 g/mol. The first-order valence-corrected chi connectivity index (χ1v) is 7.61. The molecule has 0 saturated carbocycles. The first kappa shape index (κ1) is 12.5. The highest BCUT2D eigenvalue weighted by Gasteiger charge is 2.05. The van der Waals surface area contributed by atoms with Crippen LogP contribution in [0.1, 0.15) is 10.7 Å². The van der Waals surface area contributed by atoms with E-state index in [0.717, 1.165) is 39.0 Å². The molecule has 0 amide bonds. The van der Waals surface area contributed by atoms with Crippen LogP contribution >= 0.6 is 22.7 Å². The third-order valence-corrected chi connectivity index (χ3v) is 4.47. The van der Waals surface area contributed by atoms with E-state index in [4.69, 9.17) is 0 Å². The maximum absolute atomic E-state index is 13.1. The Kier molecular flexibility index (Phi) is 3.44. The fraction of sp³-hybridized carbons (Fsp3) is 0.231. The molecule has 0 bridgehead atoms. The van der Waals surface area contributed by atoms with Gasteiger partial charge in [-0.3, -0.25) is 0 Å². The maximum Gasteiger partial charge on any atom is 0.183 e. The van der Waals surface area contributed by atoms with Crippen molar-refractivity contribution >= 4 is 38.0 Å². The molecule has 0 unspecified atom stereocenters. The van der Waals surface area contributed by atoms with Crippen molar-refractivity contribution in [2.24, 2.45) is 0 Å². The van der Waals surface area contributed by atoms with Crippen LogP contribution in [-0.2, 0) is 6.42 Å². The van der Waals surface area contributed by atoms with E-state index in [0.29, 0.717) is 0 Å². The lowest BCUT2D eigenvalue weighted by Gasteiger charge is -1.99. The third-order valence-electron chi connectivity index (χ3n) is 2.67. The molecule has 1 aromatic carbocycles. The standard InChI is InChI=1S/C13H12FN3S2/c1-8-16-10(7-18-8)4-5-15-13-17-11-3-2-9(14)6-12(11)19-13/h2-3,6-7H,4-5H2,1H3,(H,15,17). The van der Waals surface area contributed by atoms with Gasteiger partial charge in [0.15, 0.2) is 5.13 Å². The minimum absolute atomic E-state index is 0.222. The molecule has 0 saturated heterocycles. The van der Waals surface area contributed by atoms with Gasteiger partial charge in [0.2, 0.25) is 0 Å². The van der Waals surface area contributed by atoms with E-state index >= 15 is 0 Å². The SMILES string of the molecule is Cc1nc(CCNc2nc3ccc(F)cc3s2)cs1. The summed E-state index contributed by atoms with van der Waals surface area (Å²) in [6.45, 7) is 2.79. The van der Waals surface area contributed by atoms with Gasteiger partial charge >= 0.3 is 0 Å². The summed E-state index contributed by atoms with van der Waals surface area (Å²) >= 11 is 3.13. The number of nitrogens with one attached hydrogen (secondary N) is 1. The van der Waals surface area contributed by atoms with Crippen LogP contribution in [0, 0.1) is 12.7 Å². The molecule has 3 rings (SSSR count). The average Bonchev–Trinajstić information content (AvgIpc) is 2.95. The summed E-state index contributed by atoms with van der Waals surface area (Å²) in [7, 11) is 0. The van der Waals surface area contributed by atoms with Crippen LogP contribution in [0.25, 0.3) is 10.2 Å². The van der Waals surface area contributed by atoms with Gasteiger partial charge in [0.05, 0.1) is 20.9 Å². The van der Waals surface area contributed by atoms with Crippen LogP contribution in [-0.4, -0.2) is 16.5 Å². The summed E-state index contributed by atoms with van der Waals surface area (Å²) in [6, 6.07) is 4.65. The Morgan fingerprint density at radius 3 is 3.00 bits per heavy atom. The Morgan fingerprint density at radius 1 is 1.32 bits per heavy atom. The summed E-state index contributed by atoms with van der Waals surface area (Å²) in [4.78, 5) is 8.82. The molecule has 0 atom stereocenters. The van der Waals surface area contributed by atoms with E-state index in [9.17, 15) is 4.39 Å². The molecular formula is C13H12FN3S2. The van der Waals surface area contributed by atoms with E-state index in [-0.39, 0.29) is 5.82 Å². The van der Waals surface area contributed by atoms with Gasteiger partial charge in [-0.15, -0.1) is 11.3 Å². The van der Waals surface area contributed by atoms with Gasteiger partial charge in [-0.25, -0.2) is 14.4 Å². The molecule has 0 fully saturated rings. The fourth-order valence-electron chi connectivity index (χ4n) is 1.79. The molecule has 98 valence electrons. The normalized spacial score (nSPS) is 11.1. The van der Waals surface area contributed by atoms with Gasteiger partial charge in [-0.1, -0.05) is 11.3 Å². The van der Waals surface area contributed by atoms with Crippen LogP contribution in [0.5, 0.6) is 0 Å². The monoisotopic (exact) mass is 293 g/mol.